The Labute approximate surface area is 98.6 Å². The second-order valence-electron chi connectivity index (χ2n) is 2.43. The molecule has 1 aromatic rings. The molecule has 0 saturated carbocycles. The third kappa shape index (κ3) is 4.18. The van der Waals surface area contributed by atoms with Gasteiger partial charge < -0.3 is 4.74 Å². The average Bonchev–Trinajstić information content (AvgIpc) is 2.02. The fourth-order valence-electron chi connectivity index (χ4n) is 0.791. The SMILES string of the molecule is CCC(=O)Oc1cc(Cl)cc(Cl)c1.Cl. The Morgan fingerprint density at radius 2 is 1.79 bits per heavy atom. The summed E-state index contributed by atoms with van der Waals surface area (Å²) < 4.78 is 4.92. The van der Waals surface area contributed by atoms with Crippen molar-refractivity contribution in [2.24, 2.45) is 0 Å². The van der Waals surface area contributed by atoms with Gasteiger partial charge in [0.25, 0.3) is 0 Å². The summed E-state index contributed by atoms with van der Waals surface area (Å²) in [6.07, 6.45) is 0.324. The molecule has 0 atom stereocenters. The van der Waals surface area contributed by atoms with Gasteiger partial charge in [-0.15, -0.1) is 12.4 Å². The molecule has 0 aromatic heterocycles. The number of halogens is 3. The summed E-state index contributed by atoms with van der Waals surface area (Å²) in [7, 11) is 0. The Morgan fingerprint density at radius 1 is 1.29 bits per heavy atom. The molecule has 0 heterocycles. The van der Waals surface area contributed by atoms with Crippen LogP contribution >= 0.6 is 35.6 Å². The molecule has 1 rings (SSSR count). The first kappa shape index (κ1) is 13.6. The van der Waals surface area contributed by atoms with E-state index in [4.69, 9.17) is 27.9 Å². The number of benzene rings is 1. The number of rotatable bonds is 2. The Kier molecular flexibility index (Phi) is 5.93. The van der Waals surface area contributed by atoms with Gasteiger partial charge in [0.05, 0.1) is 0 Å². The smallest absolute Gasteiger partial charge is 0.310 e. The summed E-state index contributed by atoms with van der Waals surface area (Å²) in [5.41, 5.74) is 0. The highest BCUT2D eigenvalue weighted by Gasteiger charge is 2.03. The van der Waals surface area contributed by atoms with Gasteiger partial charge in [-0.1, -0.05) is 30.1 Å². The molecule has 78 valence electrons. The van der Waals surface area contributed by atoms with Crippen LogP contribution in [0.3, 0.4) is 0 Å². The van der Waals surface area contributed by atoms with Crippen molar-refractivity contribution in [3.8, 4) is 5.75 Å². The molecule has 0 fully saturated rings. The average molecular weight is 256 g/mol. The Bertz CT molecular complexity index is 306. The first-order chi connectivity index (χ1) is 6.11. The fourth-order valence-corrected chi connectivity index (χ4v) is 1.30. The lowest BCUT2D eigenvalue weighted by Gasteiger charge is -2.03. The van der Waals surface area contributed by atoms with Gasteiger partial charge in [0.15, 0.2) is 0 Å². The van der Waals surface area contributed by atoms with Crippen LogP contribution in [-0.2, 0) is 4.79 Å². The number of hydrogen-bond donors (Lipinski definition) is 0. The van der Waals surface area contributed by atoms with Crippen LogP contribution in [0, 0.1) is 0 Å². The van der Waals surface area contributed by atoms with Crippen molar-refractivity contribution in [2.75, 3.05) is 0 Å². The van der Waals surface area contributed by atoms with Gasteiger partial charge in [0.1, 0.15) is 5.75 Å². The summed E-state index contributed by atoms with van der Waals surface area (Å²) in [5, 5.41) is 0.901. The zero-order valence-corrected chi connectivity index (χ0v) is 9.75. The lowest BCUT2D eigenvalue weighted by atomic mass is 10.3. The van der Waals surface area contributed by atoms with Crippen LogP contribution in [0.2, 0.25) is 10.0 Å². The first-order valence-corrected chi connectivity index (χ1v) is 4.54. The van der Waals surface area contributed by atoms with E-state index in [2.05, 4.69) is 0 Å². The van der Waals surface area contributed by atoms with Gasteiger partial charge in [0.2, 0.25) is 0 Å². The topological polar surface area (TPSA) is 26.3 Å². The van der Waals surface area contributed by atoms with Crippen molar-refractivity contribution < 1.29 is 9.53 Å². The zero-order valence-electron chi connectivity index (χ0n) is 7.42. The quantitative estimate of drug-likeness (QED) is 0.594. The molecule has 0 saturated heterocycles. The molecule has 0 N–H and O–H groups in total. The number of carbonyl (C=O) groups is 1. The van der Waals surface area contributed by atoms with Crippen LogP contribution in [0.25, 0.3) is 0 Å². The number of hydrogen-bond acceptors (Lipinski definition) is 2. The van der Waals surface area contributed by atoms with Crippen molar-refractivity contribution in [3.63, 3.8) is 0 Å². The molecule has 0 amide bonds. The Morgan fingerprint density at radius 3 is 2.21 bits per heavy atom. The minimum absolute atomic E-state index is 0. The standard InChI is InChI=1S/C9H8Cl2O2.ClH/c1-2-9(12)13-8-4-6(10)3-7(11)5-8;/h3-5H,2H2,1H3;1H. The number of ether oxygens (including phenoxy) is 1. The van der Waals surface area contributed by atoms with Crippen LogP contribution in [0.4, 0.5) is 0 Å². The van der Waals surface area contributed by atoms with Crippen molar-refractivity contribution in [1.82, 2.24) is 0 Å². The molecular weight excluding hydrogens is 246 g/mol. The van der Waals surface area contributed by atoms with Crippen LogP contribution in [-0.4, -0.2) is 5.97 Å². The molecule has 5 heteroatoms. The number of carbonyl (C=O) groups excluding carboxylic acids is 1. The molecule has 0 unspecified atom stereocenters. The van der Waals surface area contributed by atoms with Gasteiger partial charge in [-0.3, -0.25) is 4.79 Å². The molecule has 14 heavy (non-hydrogen) atoms. The highest BCUT2D eigenvalue weighted by atomic mass is 35.5. The summed E-state index contributed by atoms with van der Waals surface area (Å²) in [4.78, 5) is 10.9. The van der Waals surface area contributed by atoms with Gasteiger partial charge in [-0.25, -0.2) is 0 Å². The van der Waals surface area contributed by atoms with Gasteiger partial charge in [-0.05, 0) is 18.2 Å². The van der Waals surface area contributed by atoms with Crippen molar-refractivity contribution in [2.45, 2.75) is 13.3 Å². The van der Waals surface area contributed by atoms with E-state index in [9.17, 15) is 4.79 Å². The molecule has 2 nitrogen and oxygen atoms in total. The molecule has 0 aliphatic carbocycles. The third-order valence-corrected chi connectivity index (χ3v) is 1.79. The third-order valence-electron chi connectivity index (χ3n) is 1.36. The van der Waals surface area contributed by atoms with Gasteiger partial charge in [-0.2, -0.15) is 0 Å². The van der Waals surface area contributed by atoms with Crippen molar-refractivity contribution in [1.29, 1.82) is 0 Å². The molecule has 0 aliphatic heterocycles. The van der Waals surface area contributed by atoms with E-state index in [1.165, 1.54) is 0 Å². The monoisotopic (exact) mass is 254 g/mol. The summed E-state index contributed by atoms with van der Waals surface area (Å²) >= 11 is 11.4. The Balaban J connectivity index is 0.00000169. The molecule has 0 bridgehead atoms. The maximum atomic E-state index is 10.9. The second kappa shape index (κ2) is 6.12. The lowest BCUT2D eigenvalue weighted by molar-refractivity contribution is -0.134. The van der Waals surface area contributed by atoms with E-state index in [0.29, 0.717) is 22.2 Å². The zero-order chi connectivity index (χ0) is 9.84. The summed E-state index contributed by atoms with van der Waals surface area (Å²) in [6.45, 7) is 1.72. The van der Waals surface area contributed by atoms with Crippen LogP contribution in [0.15, 0.2) is 18.2 Å². The predicted molar refractivity (Wildman–Crippen MR) is 59.6 cm³/mol. The van der Waals surface area contributed by atoms with Crippen molar-refractivity contribution in [3.05, 3.63) is 28.2 Å². The molecule has 1 aromatic carbocycles. The predicted octanol–water partition coefficient (Wildman–Crippen LogP) is 3.73. The van der Waals surface area contributed by atoms with E-state index >= 15 is 0 Å². The fraction of sp³-hybridized carbons (Fsp3) is 0.222. The van der Waals surface area contributed by atoms with Gasteiger partial charge >= 0.3 is 5.97 Å². The largest absolute Gasteiger partial charge is 0.426 e. The maximum absolute atomic E-state index is 10.9. The van der Waals surface area contributed by atoms with Crippen LogP contribution in [0.5, 0.6) is 5.75 Å². The van der Waals surface area contributed by atoms with E-state index in [0.717, 1.165) is 0 Å². The normalized spacial score (nSPS) is 9.07. The van der Waals surface area contributed by atoms with E-state index in [1.54, 1.807) is 25.1 Å². The van der Waals surface area contributed by atoms with Crippen LogP contribution in [0.1, 0.15) is 13.3 Å². The maximum Gasteiger partial charge on any atom is 0.310 e. The lowest BCUT2D eigenvalue weighted by Crippen LogP contribution is -2.05. The van der Waals surface area contributed by atoms with E-state index < -0.39 is 0 Å². The molecule has 0 aliphatic rings. The summed E-state index contributed by atoms with van der Waals surface area (Å²) in [6, 6.07) is 4.66. The Hall–Kier alpha value is -0.440. The van der Waals surface area contributed by atoms with E-state index in [1.807, 2.05) is 0 Å². The minimum Gasteiger partial charge on any atom is -0.426 e. The molecule has 0 radical (unpaired) electrons. The highest BCUT2D eigenvalue weighted by Crippen LogP contribution is 2.24. The van der Waals surface area contributed by atoms with Crippen molar-refractivity contribution >= 4 is 41.6 Å². The molecule has 0 spiro atoms. The van der Waals surface area contributed by atoms with E-state index in [-0.39, 0.29) is 18.4 Å². The first-order valence-electron chi connectivity index (χ1n) is 3.78. The highest BCUT2D eigenvalue weighted by molar-refractivity contribution is 6.34. The minimum atomic E-state index is -0.307. The number of esters is 1. The van der Waals surface area contributed by atoms with Gasteiger partial charge in [0, 0.05) is 16.5 Å². The molecular formula is C9H9Cl3O2. The second-order valence-corrected chi connectivity index (χ2v) is 3.31. The van der Waals surface area contributed by atoms with Crippen LogP contribution < -0.4 is 4.74 Å². The summed E-state index contributed by atoms with van der Waals surface area (Å²) in [5.74, 6) is 0.0719.